The molecule has 0 aromatic rings. The van der Waals surface area contributed by atoms with Crippen LogP contribution >= 0.6 is 0 Å². The first-order chi connectivity index (χ1) is 13.2. The summed E-state index contributed by atoms with van der Waals surface area (Å²) in [7, 11) is 0. The molecule has 0 amide bonds. The van der Waals surface area contributed by atoms with Crippen LogP contribution in [0.1, 0.15) is 79.1 Å². The van der Waals surface area contributed by atoms with Crippen LogP contribution < -0.4 is 5.11 Å². The zero-order chi connectivity index (χ0) is 21.7. The number of hydrogen-bond acceptors (Lipinski definition) is 4. The van der Waals surface area contributed by atoms with E-state index in [2.05, 4.69) is 19.1 Å². The molecule has 0 aromatic carbocycles. The van der Waals surface area contributed by atoms with Gasteiger partial charge in [-0.25, -0.2) is 9.59 Å². The largest absolute Gasteiger partial charge is 0.544 e. The SMILES string of the molecule is CCC/C=C/CCCC[N+](C(CC)C(=O)[O-])(C(CC)C(=O)O)C(CC)C(=O)O. The monoisotopic (exact) mass is 399 g/mol. The van der Waals surface area contributed by atoms with Gasteiger partial charge in [-0.3, -0.25) is 4.48 Å². The Kier molecular flexibility index (Phi) is 12.4. The van der Waals surface area contributed by atoms with Crippen molar-refractivity contribution in [3.63, 3.8) is 0 Å². The van der Waals surface area contributed by atoms with Gasteiger partial charge in [-0.2, -0.15) is 0 Å². The summed E-state index contributed by atoms with van der Waals surface area (Å²) >= 11 is 0. The fourth-order valence-electron chi connectivity index (χ4n) is 4.31. The van der Waals surface area contributed by atoms with Crippen LogP contribution in [0.3, 0.4) is 0 Å². The van der Waals surface area contributed by atoms with Crippen LogP contribution in [0.25, 0.3) is 0 Å². The molecular formula is C21H37NO6. The molecule has 0 rings (SSSR count). The van der Waals surface area contributed by atoms with Gasteiger partial charge in [-0.05, 0) is 25.7 Å². The molecule has 3 atom stereocenters. The van der Waals surface area contributed by atoms with Gasteiger partial charge in [-0.1, -0.05) is 46.3 Å². The van der Waals surface area contributed by atoms with E-state index in [0.29, 0.717) is 6.42 Å². The predicted octanol–water partition coefficient (Wildman–Crippen LogP) is 2.58. The molecule has 0 spiro atoms. The summed E-state index contributed by atoms with van der Waals surface area (Å²) in [6.45, 7) is 7.24. The van der Waals surface area contributed by atoms with E-state index in [4.69, 9.17) is 0 Å². The van der Waals surface area contributed by atoms with Gasteiger partial charge in [0.15, 0.2) is 12.1 Å². The van der Waals surface area contributed by atoms with Crippen molar-refractivity contribution in [1.82, 2.24) is 0 Å². The summed E-state index contributed by atoms with van der Waals surface area (Å²) in [5.41, 5.74) is 0. The third kappa shape index (κ3) is 6.62. The van der Waals surface area contributed by atoms with Crippen molar-refractivity contribution >= 4 is 17.9 Å². The van der Waals surface area contributed by atoms with Crippen LogP contribution in [0.2, 0.25) is 0 Å². The van der Waals surface area contributed by atoms with Gasteiger partial charge in [0.2, 0.25) is 0 Å². The second-order valence-electron chi connectivity index (χ2n) is 7.24. The minimum atomic E-state index is -1.38. The Morgan fingerprint density at radius 1 is 0.821 bits per heavy atom. The Balaban J connectivity index is 5.99. The fraction of sp³-hybridized carbons (Fsp3) is 0.762. The van der Waals surface area contributed by atoms with E-state index in [1.807, 2.05) is 0 Å². The van der Waals surface area contributed by atoms with Crippen molar-refractivity contribution < 1.29 is 34.2 Å². The van der Waals surface area contributed by atoms with E-state index >= 15 is 0 Å². The molecule has 7 nitrogen and oxygen atoms in total. The van der Waals surface area contributed by atoms with Gasteiger partial charge in [0.05, 0.1) is 12.5 Å². The smallest absolute Gasteiger partial charge is 0.362 e. The second kappa shape index (κ2) is 13.3. The number of carboxylic acid groups (broad SMARTS) is 3. The number of allylic oxidation sites excluding steroid dienone is 2. The molecular weight excluding hydrogens is 362 g/mol. The molecule has 28 heavy (non-hydrogen) atoms. The van der Waals surface area contributed by atoms with Gasteiger partial charge in [0, 0.05) is 19.3 Å². The Morgan fingerprint density at radius 3 is 1.64 bits per heavy atom. The minimum absolute atomic E-state index is 0.117. The zero-order valence-electron chi connectivity index (χ0n) is 17.7. The summed E-state index contributed by atoms with van der Waals surface area (Å²) in [6, 6.07) is -3.41. The molecule has 162 valence electrons. The van der Waals surface area contributed by atoms with Gasteiger partial charge in [0.25, 0.3) is 0 Å². The Morgan fingerprint density at radius 2 is 1.29 bits per heavy atom. The summed E-state index contributed by atoms with van der Waals surface area (Å²) in [4.78, 5) is 36.0. The number of carboxylic acids is 3. The van der Waals surface area contributed by atoms with E-state index in [1.54, 1.807) is 20.8 Å². The normalized spacial score (nSPS) is 17.0. The topological polar surface area (TPSA) is 115 Å². The van der Waals surface area contributed by atoms with E-state index in [9.17, 15) is 29.7 Å². The first-order valence-electron chi connectivity index (χ1n) is 10.4. The highest BCUT2D eigenvalue weighted by molar-refractivity contribution is 5.77. The molecule has 0 radical (unpaired) electrons. The quantitative estimate of drug-likeness (QED) is 0.234. The minimum Gasteiger partial charge on any atom is -0.544 e. The van der Waals surface area contributed by atoms with E-state index in [0.717, 1.165) is 25.7 Å². The molecule has 0 aliphatic heterocycles. The maximum atomic E-state index is 12.0. The number of hydrogen-bond donors (Lipinski definition) is 2. The number of rotatable bonds is 16. The maximum Gasteiger partial charge on any atom is 0.362 e. The standard InChI is InChI=1S/C21H37NO6/c1-5-9-10-11-12-13-14-15-22(16(6-2)19(23)24,17(7-3)20(25)26)18(8-4)21(27)28/h10-11,16-18H,5-9,12-15H2,1-4H3,(H2-,23,24,25,26,27,28)/b11-10+. The summed E-state index contributed by atoms with van der Waals surface area (Å²) in [5, 5.41) is 31.6. The van der Waals surface area contributed by atoms with Crippen LogP contribution in [0.4, 0.5) is 0 Å². The summed E-state index contributed by atoms with van der Waals surface area (Å²) in [5.74, 6) is -3.71. The van der Waals surface area contributed by atoms with Crippen LogP contribution in [0, 0.1) is 0 Å². The Labute approximate surface area is 168 Å². The van der Waals surface area contributed by atoms with Crippen LogP contribution in [-0.2, 0) is 14.4 Å². The van der Waals surface area contributed by atoms with Gasteiger partial charge in [0.1, 0.15) is 6.04 Å². The van der Waals surface area contributed by atoms with Crippen molar-refractivity contribution in [3.05, 3.63) is 12.2 Å². The number of unbranched alkanes of at least 4 members (excludes halogenated alkanes) is 3. The van der Waals surface area contributed by atoms with Gasteiger partial charge >= 0.3 is 11.9 Å². The highest BCUT2D eigenvalue weighted by atomic mass is 16.4. The van der Waals surface area contributed by atoms with Gasteiger partial charge in [-0.15, -0.1) is 0 Å². The van der Waals surface area contributed by atoms with Crippen LogP contribution in [0.5, 0.6) is 0 Å². The van der Waals surface area contributed by atoms with E-state index in [1.165, 1.54) is 0 Å². The number of carbonyl (C=O) groups is 3. The first kappa shape index (κ1) is 26.1. The van der Waals surface area contributed by atoms with Crippen LogP contribution in [-0.4, -0.2) is 57.3 Å². The van der Waals surface area contributed by atoms with E-state index < -0.39 is 40.5 Å². The molecule has 0 aliphatic rings. The van der Waals surface area contributed by atoms with Crippen LogP contribution in [0.15, 0.2) is 12.2 Å². The lowest BCUT2D eigenvalue weighted by atomic mass is 9.94. The van der Waals surface area contributed by atoms with E-state index in [-0.39, 0.29) is 25.8 Å². The molecule has 0 bridgehead atoms. The zero-order valence-corrected chi connectivity index (χ0v) is 17.7. The van der Waals surface area contributed by atoms with Crippen molar-refractivity contribution in [2.24, 2.45) is 0 Å². The van der Waals surface area contributed by atoms with Crippen molar-refractivity contribution in [2.75, 3.05) is 6.54 Å². The molecule has 0 fully saturated rings. The third-order valence-electron chi connectivity index (χ3n) is 5.53. The molecule has 0 aromatic heterocycles. The number of quaternary nitrogens is 1. The third-order valence-corrected chi connectivity index (χ3v) is 5.53. The number of aliphatic carboxylic acids is 3. The van der Waals surface area contributed by atoms with Crippen molar-refractivity contribution in [1.29, 1.82) is 0 Å². The highest BCUT2D eigenvalue weighted by Crippen LogP contribution is 2.32. The molecule has 0 saturated carbocycles. The average molecular weight is 400 g/mol. The van der Waals surface area contributed by atoms with Crippen molar-refractivity contribution in [3.8, 4) is 0 Å². The Bertz CT molecular complexity index is 476. The predicted molar refractivity (Wildman–Crippen MR) is 106 cm³/mol. The lowest BCUT2D eigenvalue weighted by molar-refractivity contribution is -0.974. The first-order valence-corrected chi connectivity index (χ1v) is 10.4. The fourth-order valence-corrected chi connectivity index (χ4v) is 4.31. The molecule has 2 N–H and O–H groups in total. The summed E-state index contributed by atoms with van der Waals surface area (Å²) < 4.78 is -0.491. The molecule has 7 heteroatoms. The maximum absolute atomic E-state index is 12.0. The highest BCUT2D eigenvalue weighted by Gasteiger charge is 2.53. The summed E-state index contributed by atoms with van der Waals surface area (Å²) in [6.07, 6.45) is 8.74. The molecule has 0 saturated heterocycles. The number of nitrogens with zero attached hydrogens (tertiary/aromatic N) is 1. The number of carbonyl (C=O) groups excluding carboxylic acids is 1. The molecule has 0 heterocycles. The molecule has 3 unspecified atom stereocenters. The second-order valence-corrected chi connectivity index (χ2v) is 7.24. The molecule has 0 aliphatic carbocycles. The average Bonchev–Trinajstić information content (AvgIpc) is 2.61. The lowest BCUT2D eigenvalue weighted by Crippen LogP contribution is -2.73. The van der Waals surface area contributed by atoms with Gasteiger partial charge < -0.3 is 20.1 Å². The van der Waals surface area contributed by atoms with Crippen molar-refractivity contribution in [2.45, 2.75) is 97.2 Å². The lowest BCUT2D eigenvalue weighted by Gasteiger charge is -2.51. The Hall–Kier alpha value is -1.89.